The summed E-state index contributed by atoms with van der Waals surface area (Å²) in [5.41, 5.74) is -0.187. The summed E-state index contributed by atoms with van der Waals surface area (Å²) < 4.78 is 28.1. The number of amides is 2. The third-order valence-corrected chi connectivity index (χ3v) is 4.85. The lowest BCUT2D eigenvalue weighted by molar-refractivity contribution is -0.117. The number of sulfonamides is 1. The maximum atomic E-state index is 12.0. The quantitative estimate of drug-likeness (QED) is 0.841. The molecular weight excluding hydrogens is 348 g/mol. The van der Waals surface area contributed by atoms with Gasteiger partial charge < -0.3 is 9.64 Å². The highest BCUT2D eigenvalue weighted by Gasteiger charge is 2.37. The van der Waals surface area contributed by atoms with Crippen molar-refractivity contribution in [1.29, 1.82) is 0 Å². The minimum absolute atomic E-state index is 0.0133. The Morgan fingerprint density at radius 3 is 2.48 bits per heavy atom. The first kappa shape index (κ1) is 19.1. The Bertz CT molecular complexity index is 770. The van der Waals surface area contributed by atoms with Crippen LogP contribution in [-0.4, -0.2) is 49.8 Å². The number of aromatic nitrogens is 1. The molecule has 1 unspecified atom stereocenters. The molecule has 1 aliphatic rings. The van der Waals surface area contributed by atoms with E-state index in [1.54, 1.807) is 32.9 Å². The second-order valence-corrected chi connectivity index (χ2v) is 8.68. The fraction of sp³-hybridized carbons (Fsp3) is 0.533. The van der Waals surface area contributed by atoms with Crippen LogP contribution in [0, 0.1) is 0 Å². The van der Waals surface area contributed by atoms with Crippen LogP contribution in [0.1, 0.15) is 27.2 Å². The first-order valence-corrected chi connectivity index (χ1v) is 9.24. The maximum absolute atomic E-state index is 12.0. The normalized spacial score (nSPS) is 18.4. The van der Waals surface area contributed by atoms with E-state index in [4.69, 9.17) is 9.88 Å². The molecule has 2 rings (SSSR count). The number of nitrogens with two attached hydrogens (primary N) is 1. The summed E-state index contributed by atoms with van der Waals surface area (Å²) in [5, 5.41) is 4.18. The summed E-state index contributed by atoms with van der Waals surface area (Å²) in [6, 6.07) is 3.14. The molecule has 9 nitrogen and oxygen atoms in total. The second kappa shape index (κ2) is 6.60. The highest BCUT2D eigenvalue weighted by molar-refractivity contribution is 7.89. The Labute approximate surface area is 146 Å². The van der Waals surface area contributed by atoms with Crippen molar-refractivity contribution in [2.45, 2.75) is 38.0 Å². The molecule has 10 heteroatoms. The van der Waals surface area contributed by atoms with Crippen LogP contribution in [0.15, 0.2) is 18.3 Å². The minimum Gasteiger partial charge on any atom is -0.443 e. The lowest BCUT2D eigenvalue weighted by Crippen LogP contribution is -2.34. The highest BCUT2D eigenvalue weighted by Crippen LogP contribution is 2.25. The van der Waals surface area contributed by atoms with E-state index in [-0.39, 0.29) is 18.9 Å². The molecule has 0 spiro atoms. The summed E-state index contributed by atoms with van der Waals surface area (Å²) >= 11 is 0. The van der Waals surface area contributed by atoms with Crippen molar-refractivity contribution in [3.05, 3.63) is 18.3 Å². The second-order valence-electron chi connectivity index (χ2n) is 6.83. The fourth-order valence-electron chi connectivity index (χ4n) is 2.30. The van der Waals surface area contributed by atoms with E-state index < -0.39 is 27.0 Å². The maximum Gasteiger partial charge on any atom is 0.415 e. The average molecular weight is 370 g/mol. The Morgan fingerprint density at radius 1 is 1.40 bits per heavy atom. The molecule has 1 atom stereocenters. The van der Waals surface area contributed by atoms with Gasteiger partial charge in [-0.25, -0.2) is 23.3 Å². The fourth-order valence-corrected chi connectivity index (χ4v) is 3.04. The van der Waals surface area contributed by atoms with Gasteiger partial charge in [0, 0.05) is 20.0 Å². The number of hydrogen-bond acceptors (Lipinski definition) is 6. The SMILES string of the molecule is CN(C(=O)OC(C)(C)C)c1ccc(N2CC(S(N)(=O)=O)CC2=O)cn1. The highest BCUT2D eigenvalue weighted by atomic mass is 32.2. The van der Waals surface area contributed by atoms with Crippen molar-refractivity contribution in [2.75, 3.05) is 23.4 Å². The molecule has 0 aliphatic carbocycles. The summed E-state index contributed by atoms with van der Waals surface area (Å²) in [6.45, 7) is 5.27. The zero-order valence-electron chi connectivity index (χ0n) is 14.6. The minimum atomic E-state index is -3.78. The number of nitrogens with zero attached hydrogens (tertiary/aromatic N) is 3. The van der Waals surface area contributed by atoms with Crippen molar-refractivity contribution in [3.63, 3.8) is 0 Å². The number of carbonyl (C=O) groups excluding carboxylic acids is 2. The topological polar surface area (TPSA) is 123 Å². The average Bonchev–Trinajstić information content (AvgIpc) is 2.87. The molecule has 1 saturated heterocycles. The van der Waals surface area contributed by atoms with E-state index in [1.807, 2.05) is 0 Å². The van der Waals surface area contributed by atoms with Crippen LogP contribution in [-0.2, 0) is 19.6 Å². The van der Waals surface area contributed by atoms with E-state index in [1.165, 1.54) is 23.0 Å². The van der Waals surface area contributed by atoms with Crippen molar-refractivity contribution < 1.29 is 22.7 Å². The smallest absolute Gasteiger partial charge is 0.415 e. The van der Waals surface area contributed by atoms with Gasteiger partial charge in [-0.15, -0.1) is 0 Å². The van der Waals surface area contributed by atoms with Crippen LogP contribution in [0.3, 0.4) is 0 Å². The zero-order chi connectivity index (χ0) is 19.0. The largest absolute Gasteiger partial charge is 0.443 e. The Kier molecular flexibility index (Phi) is 5.05. The number of carbonyl (C=O) groups is 2. The molecule has 0 saturated carbocycles. The van der Waals surface area contributed by atoms with E-state index in [2.05, 4.69) is 4.98 Å². The molecule has 0 bridgehead atoms. The standard InChI is InChI=1S/C15H22N4O5S/c1-15(2,3)24-14(21)18(4)12-6-5-10(8-17-12)19-9-11(7-13(19)20)25(16,22)23/h5-6,8,11H,7,9H2,1-4H3,(H2,16,22,23). The van der Waals surface area contributed by atoms with Gasteiger partial charge in [0.25, 0.3) is 0 Å². The number of rotatable bonds is 3. The van der Waals surface area contributed by atoms with Crippen LogP contribution < -0.4 is 14.9 Å². The van der Waals surface area contributed by atoms with Crippen molar-refractivity contribution in [3.8, 4) is 0 Å². The molecule has 1 aromatic heterocycles. The molecule has 138 valence electrons. The predicted molar refractivity (Wildman–Crippen MR) is 92.7 cm³/mol. The first-order chi connectivity index (χ1) is 11.4. The van der Waals surface area contributed by atoms with Gasteiger partial charge in [-0.3, -0.25) is 9.69 Å². The number of primary sulfonamides is 1. The number of ether oxygens (including phenoxy) is 1. The predicted octanol–water partition coefficient (Wildman–Crippen LogP) is 0.847. The molecule has 1 fully saturated rings. The lowest BCUT2D eigenvalue weighted by atomic mass is 10.2. The van der Waals surface area contributed by atoms with Crippen molar-refractivity contribution in [1.82, 2.24) is 4.98 Å². The zero-order valence-corrected chi connectivity index (χ0v) is 15.4. The first-order valence-electron chi connectivity index (χ1n) is 7.63. The molecule has 0 radical (unpaired) electrons. The molecule has 2 N–H and O–H groups in total. The molecule has 0 aromatic carbocycles. The van der Waals surface area contributed by atoms with Gasteiger partial charge in [-0.2, -0.15) is 0 Å². The summed E-state index contributed by atoms with van der Waals surface area (Å²) in [4.78, 5) is 30.7. The van der Waals surface area contributed by atoms with Crippen molar-refractivity contribution in [2.24, 2.45) is 5.14 Å². The number of pyridine rings is 1. The van der Waals surface area contributed by atoms with E-state index in [0.29, 0.717) is 11.5 Å². The van der Waals surface area contributed by atoms with Crippen LogP contribution in [0.4, 0.5) is 16.3 Å². The van der Waals surface area contributed by atoms with Gasteiger partial charge in [0.1, 0.15) is 16.7 Å². The van der Waals surface area contributed by atoms with Gasteiger partial charge in [-0.1, -0.05) is 0 Å². The molecule has 1 aliphatic heterocycles. The molecule has 2 heterocycles. The van der Waals surface area contributed by atoms with Crippen LogP contribution in [0.5, 0.6) is 0 Å². The van der Waals surface area contributed by atoms with Gasteiger partial charge in [0.15, 0.2) is 0 Å². The van der Waals surface area contributed by atoms with Gasteiger partial charge >= 0.3 is 6.09 Å². The lowest BCUT2D eigenvalue weighted by Gasteiger charge is -2.24. The van der Waals surface area contributed by atoms with Gasteiger partial charge in [0.2, 0.25) is 15.9 Å². The summed E-state index contributed by atoms with van der Waals surface area (Å²) in [7, 11) is -2.26. The van der Waals surface area contributed by atoms with Crippen LogP contribution in [0.2, 0.25) is 0 Å². The molecule has 1 aromatic rings. The molecular formula is C15H22N4O5S. The van der Waals surface area contributed by atoms with Crippen LogP contribution >= 0.6 is 0 Å². The van der Waals surface area contributed by atoms with E-state index in [0.717, 1.165) is 0 Å². The van der Waals surface area contributed by atoms with Gasteiger partial charge in [-0.05, 0) is 32.9 Å². The van der Waals surface area contributed by atoms with Crippen LogP contribution in [0.25, 0.3) is 0 Å². The van der Waals surface area contributed by atoms with E-state index in [9.17, 15) is 18.0 Å². The third-order valence-electron chi connectivity index (χ3n) is 3.61. The number of anilines is 2. The summed E-state index contributed by atoms with van der Waals surface area (Å²) in [5.74, 6) is 0.00159. The number of hydrogen-bond donors (Lipinski definition) is 1. The monoisotopic (exact) mass is 370 g/mol. The Balaban J connectivity index is 2.12. The van der Waals surface area contributed by atoms with Gasteiger partial charge in [0.05, 0.1) is 11.9 Å². The summed E-state index contributed by atoms with van der Waals surface area (Å²) in [6.07, 6.45) is 0.692. The van der Waals surface area contributed by atoms with E-state index >= 15 is 0 Å². The molecule has 2 amide bonds. The van der Waals surface area contributed by atoms with Crippen molar-refractivity contribution >= 4 is 33.5 Å². The third kappa shape index (κ3) is 4.67. The Morgan fingerprint density at radius 2 is 2.04 bits per heavy atom. The Hall–Kier alpha value is -2.20. The molecule has 25 heavy (non-hydrogen) atoms.